The van der Waals surface area contributed by atoms with Crippen molar-refractivity contribution in [2.75, 3.05) is 31.3 Å². The van der Waals surface area contributed by atoms with Gasteiger partial charge in [-0.05, 0) is 55.2 Å². The molecule has 2 aliphatic carbocycles. The number of rotatable bonds is 4. The van der Waals surface area contributed by atoms with E-state index >= 15 is 0 Å². The predicted octanol–water partition coefficient (Wildman–Crippen LogP) is 2.50. The highest BCUT2D eigenvalue weighted by atomic mass is 16.1. The summed E-state index contributed by atoms with van der Waals surface area (Å²) in [6, 6.07) is 5.58. The Kier molecular flexibility index (Phi) is 3.79. The lowest BCUT2D eigenvalue weighted by atomic mass is 9.88. The molecular weight excluding hydrogens is 262 g/mol. The number of carbonyl (C=O) groups is 1. The van der Waals surface area contributed by atoms with Crippen molar-refractivity contribution in [2.45, 2.75) is 25.7 Å². The van der Waals surface area contributed by atoms with E-state index in [0.717, 1.165) is 30.0 Å². The van der Waals surface area contributed by atoms with Gasteiger partial charge in [0.05, 0.1) is 11.4 Å². The van der Waals surface area contributed by atoms with Gasteiger partial charge in [-0.15, -0.1) is 0 Å². The summed E-state index contributed by atoms with van der Waals surface area (Å²) in [5.74, 6) is 2.61. The van der Waals surface area contributed by atoms with Gasteiger partial charge in [0.15, 0.2) is 0 Å². The maximum atomic E-state index is 11.6. The molecule has 114 valence electrons. The fourth-order valence-electron chi connectivity index (χ4n) is 4.24. The number of nitrogens with zero attached hydrogens (tertiary/aromatic N) is 1. The highest BCUT2D eigenvalue weighted by Crippen LogP contribution is 2.48. The third-order valence-corrected chi connectivity index (χ3v) is 5.32. The minimum Gasteiger partial charge on any atom is -0.397 e. The number of anilines is 2. The largest absolute Gasteiger partial charge is 0.397 e. The molecule has 2 bridgehead atoms. The van der Waals surface area contributed by atoms with Crippen LogP contribution in [0, 0.1) is 17.8 Å². The molecule has 0 aromatic heterocycles. The second-order valence-corrected chi connectivity index (χ2v) is 6.67. The molecule has 0 spiro atoms. The van der Waals surface area contributed by atoms with Crippen molar-refractivity contribution in [2.24, 2.45) is 17.8 Å². The molecule has 1 amide bonds. The van der Waals surface area contributed by atoms with Crippen LogP contribution in [0.1, 0.15) is 36.0 Å². The minimum atomic E-state index is -0.0935. The lowest BCUT2D eigenvalue weighted by Crippen LogP contribution is -2.29. The molecule has 3 atom stereocenters. The number of fused-ring (bicyclic) bond motifs is 2. The molecule has 2 saturated carbocycles. The van der Waals surface area contributed by atoms with Crippen LogP contribution in [0.2, 0.25) is 0 Å². The highest BCUT2D eigenvalue weighted by molar-refractivity contribution is 5.96. The van der Waals surface area contributed by atoms with E-state index in [9.17, 15) is 4.79 Å². The molecule has 1 aromatic rings. The summed E-state index contributed by atoms with van der Waals surface area (Å²) >= 11 is 0. The van der Waals surface area contributed by atoms with Gasteiger partial charge in [0.2, 0.25) is 0 Å². The first-order valence-corrected chi connectivity index (χ1v) is 7.91. The maximum Gasteiger partial charge on any atom is 0.251 e. The highest BCUT2D eigenvalue weighted by Gasteiger charge is 2.39. The van der Waals surface area contributed by atoms with Crippen molar-refractivity contribution in [3.8, 4) is 0 Å². The second kappa shape index (κ2) is 5.58. The first kappa shape index (κ1) is 14.2. The fraction of sp³-hybridized carbons (Fsp3) is 0.588. The molecule has 2 fully saturated rings. The number of nitrogens with two attached hydrogens (primary N) is 1. The Hall–Kier alpha value is -1.71. The average Bonchev–Trinajstić information content (AvgIpc) is 3.08. The van der Waals surface area contributed by atoms with E-state index in [2.05, 4.69) is 17.3 Å². The molecule has 0 aliphatic heterocycles. The van der Waals surface area contributed by atoms with E-state index in [1.807, 2.05) is 12.1 Å². The standard InChI is InChI=1S/C17H25N3O/c1-19-17(21)13-5-6-16(15(18)9-13)20(2)10-14-8-11-3-4-12(14)7-11/h5-6,9,11-12,14H,3-4,7-8,10,18H2,1-2H3,(H,19,21). The van der Waals surface area contributed by atoms with Gasteiger partial charge in [0.1, 0.15) is 0 Å². The zero-order chi connectivity index (χ0) is 15.0. The van der Waals surface area contributed by atoms with Gasteiger partial charge in [-0.2, -0.15) is 0 Å². The summed E-state index contributed by atoms with van der Waals surface area (Å²) in [5, 5.41) is 2.63. The van der Waals surface area contributed by atoms with Crippen LogP contribution < -0.4 is 16.0 Å². The van der Waals surface area contributed by atoms with E-state index < -0.39 is 0 Å². The Morgan fingerprint density at radius 1 is 1.38 bits per heavy atom. The van der Waals surface area contributed by atoms with Crippen LogP contribution in [0.15, 0.2) is 18.2 Å². The molecule has 21 heavy (non-hydrogen) atoms. The van der Waals surface area contributed by atoms with Crippen molar-refractivity contribution in [1.29, 1.82) is 0 Å². The zero-order valence-corrected chi connectivity index (χ0v) is 12.9. The number of hydrogen-bond donors (Lipinski definition) is 2. The number of carbonyl (C=O) groups excluding carboxylic acids is 1. The molecule has 3 unspecified atom stereocenters. The Morgan fingerprint density at radius 2 is 2.19 bits per heavy atom. The van der Waals surface area contributed by atoms with Crippen LogP contribution in [0.3, 0.4) is 0 Å². The molecular formula is C17H25N3O. The molecule has 4 nitrogen and oxygen atoms in total. The van der Waals surface area contributed by atoms with Crippen LogP contribution in [0.4, 0.5) is 11.4 Å². The number of nitrogens with one attached hydrogen (secondary N) is 1. The van der Waals surface area contributed by atoms with Crippen molar-refractivity contribution >= 4 is 17.3 Å². The van der Waals surface area contributed by atoms with Gasteiger partial charge in [-0.3, -0.25) is 4.79 Å². The molecule has 0 heterocycles. The SMILES string of the molecule is CNC(=O)c1ccc(N(C)CC2CC3CCC2C3)c(N)c1. The van der Waals surface area contributed by atoms with Crippen molar-refractivity contribution < 1.29 is 4.79 Å². The smallest absolute Gasteiger partial charge is 0.251 e. The van der Waals surface area contributed by atoms with Gasteiger partial charge < -0.3 is 16.0 Å². The first-order chi connectivity index (χ1) is 10.1. The summed E-state index contributed by atoms with van der Waals surface area (Å²) in [4.78, 5) is 13.9. The Bertz CT molecular complexity index is 543. The van der Waals surface area contributed by atoms with E-state index in [0.29, 0.717) is 11.3 Å². The molecule has 2 aliphatic rings. The predicted molar refractivity (Wildman–Crippen MR) is 86.5 cm³/mol. The normalized spacial score (nSPS) is 26.9. The summed E-state index contributed by atoms with van der Waals surface area (Å²) in [6.07, 6.45) is 5.66. The maximum absolute atomic E-state index is 11.6. The average molecular weight is 287 g/mol. The fourth-order valence-corrected chi connectivity index (χ4v) is 4.24. The van der Waals surface area contributed by atoms with Crippen molar-refractivity contribution in [3.05, 3.63) is 23.8 Å². The summed E-state index contributed by atoms with van der Waals surface area (Å²) < 4.78 is 0. The van der Waals surface area contributed by atoms with E-state index in [-0.39, 0.29) is 5.91 Å². The number of hydrogen-bond acceptors (Lipinski definition) is 3. The van der Waals surface area contributed by atoms with Crippen LogP contribution in [-0.2, 0) is 0 Å². The molecule has 1 aromatic carbocycles. The quantitative estimate of drug-likeness (QED) is 0.837. The van der Waals surface area contributed by atoms with Gasteiger partial charge in [-0.25, -0.2) is 0 Å². The van der Waals surface area contributed by atoms with Crippen LogP contribution >= 0.6 is 0 Å². The van der Waals surface area contributed by atoms with Crippen LogP contribution in [0.5, 0.6) is 0 Å². The zero-order valence-electron chi connectivity index (χ0n) is 12.9. The molecule has 0 radical (unpaired) electrons. The third kappa shape index (κ3) is 2.71. The summed E-state index contributed by atoms with van der Waals surface area (Å²) in [7, 11) is 3.74. The molecule has 0 saturated heterocycles. The van der Waals surface area contributed by atoms with E-state index in [1.54, 1.807) is 13.1 Å². The lowest BCUT2D eigenvalue weighted by Gasteiger charge is -2.29. The third-order valence-electron chi connectivity index (χ3n) is 5.32. The van der Waals surface area contributed by atoms with Crippen LogP contribution in [-0.4, -0.2) is 26.5 Å². The Labute approximate surface area is 126 Å². The van der Waals surface area contributed by atoms with Gasteiger partial charge in [0.25, 0.3) is 5.91 Å². The topological polar surface area (TPSA) is 58.4 Å². The summed E-state index contributed by atoms with van der Waals surface area (Å²) in [6.45, 7) is 1.07. The van der Waals surface area contributed by atoms with Gasteiger partial charge >= 0.3 is 0 Å². The van der Waals surface area contributed by atoms with Gasteiger partial charge in [0, 0.05) is 26.2 Å². The molecule has 3 rings (SSSR count). The lowest BCUT2D eigenvalue weighted by molar-refractivity contribution is 0.0963. The minimum absolute atomic E-state index is 0.0935. The first-order valence-electron chi connectivity index (χ1n) is 7.91. The number of nitrogen functional groups attached to an aromatic ring is 1. The second-order valence-electron chi connectivity index (χ2n) is 6.67. The van der Waals surface area contributed by atoms with E-state index in [4.69, 9.17) is 5.73 Å². The van der Waals surface area contributed by atoms with Crippen LogP contribution in [0.25, 0.3) is 0 Å². The monoisotopic (exact) mass is 287 g/mol. The molecule has 3 N–H and O–H groups in total. The van der Waals surface area contributed by atoms with Crippen molar-refractivity contribution in [1.82, 2.24) is 5.32 Å². The Balaban J connectivity index is 1.69. The van der Waals surface area contributed by atoms with Crippen molar-refractivity contribution in [3.63, 3.8) is 0 Å². The number of benzene rings is 1. The molecule has 4 heteroatoms. The Morgan fingerprint density at radius 3 is 2.76 bits per heavy atom. The summed E-state index contributed by atoms with van der Waals surface area (Å²) in [5.41, 5.74) is 8.48. The number of amides is 1. The van der Waals surface area contributed by atoms with E-state index in [1.165, 1.54) is 25.7 Å². The van der Waals surface area contributed by atoms with Gasteiger partial charge in [-0.1, -0.05) is 6.42 Å².